The molecule has 0 aliphatic carbocycles. The minimum Gasteiger partial charge on any atom is -0.356 e. The molecule has 0 spiro atoms. The van der Waals surface area contributed by atoms with E-state index in [0.717, 1.165) is 11.4 Å². The zero-order valence-electron chi connectivity index (χ0n) is 12.5. The molecule has 0 aliphatic heterocycles. The van der Waals surface area contributed by atoms with E-state index in [-0.39, 0.29) is 0 Å². The van der Waals surface area contributed by atoms with Gasteiger partial charge in [-0.1, -0.05) is 18.2 Å². The Morgan fingerprint density at radius 1 is 0.826 bits per heavy atom. The van der Waals surface area contributed by atoms with E-state index in [0.29, 0.717) is 24.5 Å². The molecule has 0 bridgehead atoms. The van der Waals surface area contributed by atoms with E-state index in [1.165, 1.54) is 0 Å². The van der Waals surface area contributed by atoms with Crippen LogP contribution >= 0.6 is 11.6 Å². The normalized spacial score (nSPS) is 9.96. The van der Waals surface area contributed by atoms with Crippen molar-refractivity contribution < 1.29 is 9.59 Å². The molecule has 0 fully saturated rings. The summed E-state index contributed by atoms with van der Waals surface area (Å²) in [5.74, 6) is -0.914. The Labute approximate surface area is 140 Å². The standard InChI is InChI=1S/C17H18ClN3O2/c18-11-4-12-19-16(22)17(23)21-15-9-7-14(8-10-15)20-13-5-2-1-3-6-13/h1-3,5-10,20H,4,11-12H2,(H,19,22)(H,21,23). The van der Waals surface area contributed by atoms with Gasteiger partial charge in [0.2, 0.25) is 0 Å². The van der Waals surface area contributed by atoms with Crippen molar-refractivity contribution >= 4 is 40.5 Å². The largest absolute Gasteiger partial charge is 0.356 e. The molecule has 6 heteroatoms. The first-order valence-electron chi connectivity index (χ1n) is 7.26. The lowest BCUT2D eigenvalue weighted by atomic mass is 10.2. The maximum absolute atomic E-state index is 11.7. The van der Waals surface area contributed by atoms with Crippen molar-refractivity contribution in [3.8, 4) is 0 Å². The Kier molecular flexibility index (Phi) is 6.44. The summed E-state index contributed by atoms with van der Waals surface area (Å²) in [4.78, 5) is 23.3. The zero-order valence-corrected chi connectivity index (χ0v) is 13.3. The third kappa shape index (κ3) is 5.64. The molecule has 0 heterocycles. The third-order valence-corrected chi connectivity index (χ3v) is 3.27. The molecule has 2 amide bonds. The second kappa shape index (κ2) is 8.80. The van der Waals surface area contributed by atoms with Gasteiger partial charge in [-0.15, -0.1) is 11.6 Å². The number of nitrogens with one attached hydrogen (secondary N) is 3. The van der Waals surface area contributed by atoms with Crippen LogP contribution in [0, 0.1) is 0 Å². The van der Waals surface area contributed by atoms with Gasteiger partial charge in [0.15, 0.2) is 0 Å². The van der Waals surface area contributed by atoms with Crippen molar-refractivity contribution in [2.75, 3.05) is 23.1 Å². The van der Waals surface area contributed by atoms with Gasteiger partial charge in [-0.3, -0.25) is 9.59 Å². The number of rotatable bonds is 6. The van der Waals surface area contributed by atoms with Crippen LogP contribution in [0.25, 0.3) is 0 Å². The van der Waals surface area contributed by atoms with Crippen molar-refractivity contribution in [2.24, 2.45) is 0 Å². The van der Waals surface area contributed by atoms with Gasteiger partial charge >= 0.3 is 11.8 Å². The number of halogens is 1. The van der Waals surface area contributed by atoms with Crippen molar-refractivity contribution in [2.45, 2.75) is 6.42 Å². The van der Waals surface area contributed by atoms with E-state index in [1.54, 1.807) is 12.1 Å². The molecule has 0 atom stereocenters. The lowest BCUT2D eigenvalue weighted by molar-refractivity contribution is -0.136. The van der Waals surface area contributed by atoms with Crippen LogP contribution in [0.2, 0.25) is 0 Å². The maximum Gasteiger partial charge on any atom is 0.313 e. The molecule has 5 nitrogen and oxygen atoms in total. The minimum atomic E-state index is -0.691. The van der Waals surface area contributed by atoms with Crippen LogP contribution in [0.15, 0.2) is 54.6 Å². The summed E-state index contributed by atoms with van der Waals surface area (Å²) in [6.45, 7) is 0.385. The summed E-state index contributed by atoms with van der Waals surface area (Å²) >= 11 is 5.51. The molecule has 0 saturated carbocycles. The zero-order chi connectivity index (χ0) is 16.5. The molecule has 2 rings (SSSR count). The summed E-state index contributed by atoms with van der Waals surface area (Å²) in [5, 5.41) is 8.28. The van der Waals surface area contributed by atoms with Gasteiger partial charge < -0.3 is 16.0 Å². The highest BCUT2D eigenvalue weighted by Crippen LogP contribution is 2.18. The van der Waals surface area contributed by atoms with Crippen molar-refractivity contribution in [3.05, 3.63) is 54.6 Å². The summed E-state index contributed by atoms with van der Waals surface area (Å²) in [6, 6.07) is 16.9. The first kappa shape index (κ1) is 16.8. The number of hydrogen-bond donors (Lipinski definition) is 3. The van der Waals surface area contributed by atoms with Crippen molar-refractivity contribution in [1.29, 1.82) is 0 Å². The number of benzene rings is 2. The van der Waals surface area contributed by atoms with Gasteiger partial charge in [0.1, 0.15) is 0 Å². The molecular weight excluding hydrogens is 314 g/mol. The molecule has 0 aromatic heterocycles. The highest BCUT2D eigenvalue weighted by molar-refractivity contribution is 6.39. The predicted octanol–water partition coefficient (Wildman–Crippen LogP) is 3.11. The SMILES string of the molecule is O=C(NCCCCl)C(=O)Nc1ccc(Nc2ccccc2)cc1. The second-order valence-corrected chi connectivity index (χ2v) is 5.20. The average molecular weight is 332 g/mol. The first-order valence-corrected chi connectivity index (χ1v) is 7.80. The Morgan fingerprint density at radius 3 is 2.09 bits per heavy atom. The molecular formula is C17H18ClN3O2. The van der Waals surface area contributed by atoms with E-state index in [1.807, 2.05) is 42.5 Å². The monoisotopic (exact) mass is 331 g/mol. The Bertz CT molecular complexity index is 645. The molecule has 0 radical (unpaired) electrons. The fourth-order valence-corrected chi connectivity index (χ4v) is 2.00. The van der Waals surface area contributed by atoms with E-state index < -0.39 is 11.8 Å². The second-order valence-electron chi connectivity index (χ2n) is 4.82. The summed E-state index contributed by atoms with van der Waals surface area (Å²) < 4.78 is 0. The molecule has 120 valence electrons. The van der Waals surface area contributed by atoms with Crippen LogP contribution in [0.1, 0.15) is 6.42 Å². The number of para-hydroxylation sites is 1. The molecule has 0 saturated heterocycles. The quantitative estimate of drug-likeness (QED) is 0.433. The first-order chi connectivity index (χ1) is 11.2. The highest BCUT2D eigenvalue weighted by Gasteiger charge is 2.12. The smallest absolute Gasteiger partial charge is 0.313 e. The topological polar surface area (TPSA) is 70.2 Å². The summed E-state index contributed by atoms with van der Waals surface area (Å²) in [7, 11) is 0. The van der Waals surface area contributed by atoms with Crippen LogP contribution in [0.4, 0.5) is 17.1 Å². The van der Waals surface area contributed by atoms with E-state index in [4.69, 9.17) is 11.6 Å². The van der Waals surface area contributed by atoms with Gasteiger partial charge in [0.05, 0.1) is 0 Å². The van der Waals surface area contributed by atoms with Crippen LogP contribution in [0.3, 0.4) is 0 Å². The molecule has 2 aromatic rings. The maximum atomic E-state index is 11.7. The van der Waals surface area contributed by atoms with E-state index >= 15 is 0 Å². The van der Waals surface area contributed by atoms with Crippen LogP contribution < -0.4 is 16.0 Å². The van der Waals surface area contributed by atoms with Gasteiger partial charge in [-0.2, -0.15) is 0 Å². The van der Waals surface area contributed by atoms with Crippen LogP contribution in [-0.4, -0.2) is 24.2 Å². The van der Waals surface area contributed by atoms with Gasteiger partial charge in [-0.05, 0) is 42.8 Å². The van der Waals surface area contributed by atoms with Crippen LogP contribution in [0.5, 0.6) is 0 Å². The van der Waals surface area contributed by atoms with E-state index in [2.05, 4.69) is 16.0 Å². The fourth-order valence-electron chi connectivity index (χ4n) is 1.86. The minimum absolute atomic E-state index is 0.385. The predicted molar refractivity (Wildman–Crippen MR) is 93.1 cm³/mol. The highest BCUT2D eigenvalue weighted by atomic mass is 35.5. The Morgan fingerprint density at radius 2 is 1.43 bits per heavy atom. The summed E-state index contributed by atoms with van der Waals surface area (Å²) in [5.41, 5.74) is 2.42. The third-order valence-electron chi connectivity index (χ3n) is 3.01. The van der Waals surface area contributed by atoms with Crippen molar-refractivity contribution in [3.63, 3.8) is 0 Å². The lowest BCUT2D eigenvalue weighted by Crippen LogP contribution is -2.36. The van der Waals surface area contributed by atoms with Crippen LogP contribution in [-0.2, 0) is 9.59 Å². The molecule has 2 aromatic carbocycles. The average Bonchev–Trinajstić information content (AvgIpc) is 2.57. The molecule has 3 N–H and O–H groups in total. The number of carbonyl (C=O) groups excluding carboxylic acids is 2. The van der Waals surface area contributed by atoms with Crippen molar-refractivity contribution in [1.82, 2.24) is 5.32 Å². The lowest BCUT2D eigenvalue weighted by Gasteiger charge is -2.09. The van der Waals surface area contributed by atoms with Gasteiger partial charge in [0.25, 0.3) is 0 Å². The number of carbonyl (C=O) groups is 2. The summed E-state index contributed by atoms with van der Waals surface area (Å²) in [6.07, 6.45) is 0.625. The number of amides is 2. The Hall–Kier alpha value is -2.53. The molecule has 0 unspecified atom stereocenters. The van der Waals surface area contributed by atoms with Gasteiger partial charge in [-0.25, -0.2) is 0 Å². The number of alkyl halides is 1. The fraction of sp³-hybridized carbons (Fsp3) is 0.176. The Balaban J connectivity index is 1.87. The molecule has 23 heavy (non-hydrogen) atoms. The van der Waals surface area contributed by atoms with E-state index in [9.17, 15) is 9.59 Å². The number of anilines is 3. The number of hydrogen-bond acceptors (Lipinski definition) is 3. The van der Waals surface area contributed by atoms with Gasteiger partial charge in [0, 0.05) is 29.5 Å². The molecule has 0 aliphatic rings.